The zero-order valence-electron chi connectivity index (χ0n) is 11.9. The average Bonchev–Trinajstić information content (AvgIpc) is 2.82. The molecule has 0 aliphatic heterocycles. The standard InChI is InChI=1S/C16H20N2OS/c1-12-14(8-9-19-12)11-18(2)15(10-16(17)20)13-6-4-3-5-7-13/h3-9,15H,10-11H2,1-2H3,(H2,17,20). The highest BCUT2D eigenvalue weighted by Crippen LogP contribution is 2.25. The van der Waals surface area contributed by atoms with Crippen molar-refractivity contribution in [2.45, 2.75) is 25.9 Å². The summed E-state index contributed by atoms with van der Waals surface area (Å²) >= 11 is 5.10. The van der Waals surface area contributed by atoms with Crippen LogP contribution in [0.5, 0.6) is 0 Å². The molecule has 0 spiro atoms. The first-order chi connectivity index (χ1) is 9.58. The number of furan rings is 1. The molecule has 0 fully saturated rings. The quantitative estimate of drug-likeness (QED) is 0.827. The van der Waals surface area contributed by atoms with E-state index in [9.17, 15) is 0 Å². The highest BCUT2D eigenvalue weighted by atomic mass is 32.1. The molecule has 1 aromatic heterocycles. The molecule has 0 bridgehead atoms. The van der Waals surface area contributed by atoms with E-state index in [1.54, 1.807) is 6.26 Å². The van der Waals surface area contributed by atoms with Crippen LogP contribution in [0.25, 0.3) is 0 Å². The summed E-state index contributed by atoms with van der Waals surface area (Å²) in [7, 11) is 2.09. The molecule has 0 amide bonds. The molecular formula is C16H20N2OS. The molecule has 4 heteroatoms. The zero-order valence-corrected chi connectivity index (χ0v) is 12.7. The molecule has 1 heterocycles. The molecule has 0 radical (unpaired) electrons. The Kier molecular flexibility index (Phi) is 4.93. The molecule has 2 aromatic rings. The lowest BCUT2D eigenvalue weighted by atomic mass is 10.0. The summed E-state index contributed by atoms with van der Waals surface area (Å²) in [5.41, 5.74) is 8.17. The van der Waals surface area contributed by atoms with Crippen molar-refractivity contribution >= 4 is 17.2 Å². The SMILES string of the molecule is Cc1occc1CN(C)C(CC(N)=S)c1ccccc1. The fourth-order valence-electron chi connectivity index (χ4n) is 2.35. The van der Waals surface area contributed by atoms with Gasteiger partial charge in [-0.05, 0) is 25.6 Å². The van der Waals surface area contributed by atoms with Gasteiger partial charge >= 0.3 is 0 Å². The van der Waals surface area contributed by atoms with Crippen LogP contribution in [0.15, 0.2) is 47.1 Å². The smallest absolute Gasteiger partial charge is 0.105 e. The maximum Gasteiger partial charge on any atom is 0.105 e. The van der Waals surface area contributed by atoms with Crippen molar-refractivity contribution in [3.63, 3.8) is 0 Å². The van der Waals surface area contributed by atoms with Gasteiger partial charge in [0.2, 0.25) is 0 Å². The van der Waals surface area contributed by atoms with Gasteiger partial charge in [-0.15, -0.1) is 0 Å². The van der Waals surface area contributed by atoms with Gasteiger partial charge in [-0.25, -0.2) is 0 Å². The summed E-state index contributed by atoms with van der Waals surface area (Å²) in [6.07, 6.45) is 2.40. The van der Waals surface area contributed by atoms with E-state index in [4.69, 9.17) is 22.4 Å². The van der Waals surface area contributed by atoms with Crippen molar-refractivity contribution in [2.75, 3.05) is 7.05 Å². The summed E-state index contributed by atoms with van der Waals surface area (Å²) in [6.45, 7) is 2.79. The van der Waals surface area contributed by atoms with Crippen molar-refractivity contribution in [1.29, 1.82) is 0 Å². The lowest BCUT2D eigenvalue weighted by Gasteiger charge is -2.28. The number of benzene rings is 1. The van der Waals surface area contributed by atoms with Gasteiger partial charge in [0.15, 0.2) is 0 Å². The molecule has 1 aromatic carbocycles. The minimum atomic E-state index is 0.183. The van der Waals surface area contributed by atoms with Crippen LogP contribution in [0.4, 0.5) is 0 Å². The minimum absolute atomic E-state index is 0.183. The van der Waals surface area contributed by atoms with Gasteiger partial charge in [0.1, 0.15) is 5.76 Å². The van der Waals surface area contributed by atoms with Gasteiger partial charge in [-0.3, -0.25) is 4.90 Å². The number of rotatable bonds is 6. The Morgan fingerprint density at radius 3 is 2.55 bits per heavy atom. The number of thiocarbonyl (C=S) groups is 1. The van der Waals surface area contributed by atoms with Crippen LogP contribution in [-0.4, -0.2) is 16.9 Å². The second-order valence-electron chi connectivity index (χ2n) is 5.01. The van der Waals surface area contributed by atoms with Gasteiger partial charge in [0.25, 0.3) is 0 Å². The van der Waals surface area contributed by atoms with Crippen LogP contribution in [0, 0.1) is 6.92 Å². The number of hydrogen-bond donors (Lipinski definition) is 1. The van der Waals surface area contributed by atoms with E-state index < -0.39 is 0 Å². The first kappa shape index (κ1) is 14.8. The Morgan fingerprint density at radius 2 is 2.00 bits per heavy atom. The zero-order chi connectivity index (χ0) is 14.5. The number of aryl methyl sites for hydroxylation is 1. The molecule has 1 unspecified atom stereocenters. The third-order valence-corrected chi connectivity index (χ3v) is 3.66. The normalized spacial score (nSPS) is 12.6. The fraction of sp³-hybridized carbons (Fsp3) is 0.312. The summed E-state index contributed by atoms with van der Waals surface area (Å²) in [6, 6.07) is 12.5. The lowest BCUT2D eigenvalue weighted by molar-refractivity contribution is 0.240. The minimum Gasteiger partial charge on any atom is -0.469 e. The largest absolute Gasteiger partial charge is 0.469 e. The predicted octanol–water partition coefficient (Wildman–Crippen LogP) is 3.44. The summed E-state index contributed by atoms with van der Waals surface area (Å²) in [5, 5.41) is 0. The summed E-state index contributed by atoms with van der Waals surface area (Å²) < 4.78 is 5.35. The third kappa shape index (κ3) is 3.68. The van der Waals surface area contributed by atoms with Crippen LogP contribution >= 0.6 is 12.2 Å². The highest BCUT2D eigenvalue weighted by Gasteiger charge is 2.19. The first-order valence-corrected chi connectivity index (χ1v) is 7.05. The summed E-state index contributed by atoms with van der Waals surface area (Å²) in [5.74, 6) is 0.957. The monoisotopic (exact) mass is 288 g/mol. The van der Waals surface area contributed by atoms with Crippen molar-refractivity contribution < 1.29 is 4.42 Å². The molecule has 1 atom stereocenters. The van der Waals surface area contributed by atoms with Crippen molar-refractivity contribution in [3.8, 4) is 0 Å². The molecule has 0 saturated carbocycles. The van der Waals surface area contributed by atoms with E-state index in [1.807, 2.05) is 31.2 Å². The first-order valence-electron chi connectivity index (χ1n) is 6.64. The van der Waals surface area contributed by atoms with Crippen molar-refractivity contribution in [3.05, 3.63) is 59.5 Å². The highest BCUT2D eigenvalue weighted by molar-refractivity contribution is 7.80. The van der Waals surface area contributed by atoms with E-state index >= 15 is 0 Å². The Bertz CT molecular complexity index is 565. The average molecular weight is 288 g/mol. The van der Waals surface area contributed by atoms with E-state index in [0.29, 0.717) is 11.4 Å². The van der Waals surface area contributed by atoms with Crippen molar-refractivity contribution in [1.82, 2.24) is 4.90 Å². The molecule has 2 rings (SSSR count). The van der Waals surface area contributed by atoms with E-state index in [1.165, 1.54) is 11.1 Å². The molecule has 2 N–H and O–H groups in total. The third-order valence-electron chi connectivity index (χ3n) is 3.50. The Morgan fingerprint density at radius 1 is 1.30 bits per heavy atom. The van der Waals surface area contributed by atoms with Gasteiger partial charge < -0.3 is 10.2 Å². The molecule has 20 heavy (non-hydrogen) atoms. The van der Waals surface area contributed by atoms with Crippen molar-refractivity contribution in [2.24, 2.45) is 5.73 Å². The van der Waals surface area contributed by atoms with Gasteiger partial charge in [-0.2, -0.15) is 0 Å². The van der Waals surface area contributed by atoms with E-state index in [0.717, 1.165) is 12.3 Å². The molecule has 0 aliphatic rings. The Hall–Kier alpha value is -1.65. The molecule has 0 saturated heterocycles. The fourth-order valence-corrected chi connectivity index (χ4v) is 2.51. The number of nitrogens with zero attached hydrogens (tertiary/aromatic N) is 1. The second kappa shape index (κ2) is 6.68. The van der Waals surface area contributed by atoms with Crippen LogP contribution < -0.4 is 5.73 Å². The van der Waals surface area contributed by atoms with Crippen LogP contribution in [0.3, 0.4) is 0 Å². The van der Waals surface area contributed by atoms with Crippen LogP contribution in [-0.2, 0) is 6.54 Å². The Balaban J connectivity index is 2.18. The van der Waals surface area contributed by atoms with E-state index in [-0.39, 0.29) is 6.04 Å². The molecule has 0 aliphatic carbocycles. The van der Waals surface area contributed by atoms with Crippen LogP contribution in [0.1, 0.15) is 29.3 Å². The van der Waals surface area contributed by atoms with Gasteiger partial charge in [0.05, 0.1) is 11.3 Å². The lowest BCUT2D eigenvalue weighted by Crippen LogP contribution is -2.28. The topological polar surface area (TPSA) is 42.4 Å². The molecule has 106 valence electrons. The van der Waals surface area contributed by atoms with Gasteiger partial charge in [0, 0.05) is 24.6 Å². The van der Waals surface area contributed by atoms with E-state index in [2.05, 4.69) is 24.1 Å². The second-order valence-corrected chi connectivity index (χ2v) is 5.54. The number of nitrogens with two attached hydrogens (primary N) is 1. The molecular weight excluding hydrogens is 268 g/mol. The van der Waals surface area contributed by atoms with Crippen LogP contribution in [0.2, 0.25) is 0 Å². The maximum atomic E-state index is 5.76. The predicted molar refractivity (Wildman–Crippen MR) is 85.5 cm³/mol. The summed E-state index contributed by atoms with van der Waals surface area (Å²) in [4.78, 5) is 2.79. The van der Waals surface area contributed by atoms with Gasteiger partial charge in [-0.1, -0.05) is 42.5 Å². The Labute approximate surface area is 125 Å². The molecule has 3 nitrogen and oxygen atoms in total. The number of hydrogen-bond acceptors (Lipinski definition) is 3. The maximum absolute atomic E-state index is 5.76.